The second-order valence-electron chi connectivity index (χ2n) is 7.82. The fourth-order valence-electron chi connectivity index (χ4n) is 3.39. The number of rotatable bonds is 11. The zero-order chi connectivity index (χ0) is 22.9. The van der Waals surface area contributed by atoms with Crippen LogP contribution >= 0.6 is 0 Å². The van der Waals surface area contributed by atoms with E-state index in [1.807, 2.05) is 30.3 Å². The number of hydrogen-bond donors (Lipinski definition) is 4. The maximum atomic E-state index is 9.18. The van der Waals surface area contributed by atoms with Crippen molar-refractivity contribution >= 4 is 11.6 Å². The minimum absolute atomic E-state index is 0.172. The smallest absolute Gasteiger partial charge is 0.129 e. The average Bonchev–Trinajstić information content (AvgIpc) is 2.85. The number of pyridine rings is 1. The number of ether oxygens (including phenoxy) is 1. The molecule has 32 heavy (non-hydrogen) atoms. The summed E-state index contributed by atoms with van der Waals surface area (Å²) in [7, 11) is 1.70. The van der Waals surface area contributed by atoms with Gasteiger partial charge >= 0.3 is 0 Å². The monoisotopic (exact) mass is 437 g/mol. The van der Waals surface area contributed by atoms with Gasteiger partial charge in [-0.2, -0.15) is 0 Å². The molecule has 0 amide bonds. The standard InChI is InChI=1S/C24H31N5O3/c1-16(17(2)20-6-4-5-7-22(20)32-3)11-25-24-10-21(27-15-28-24)18-8-9-23(26-12-18)29-19(13-30)14-31/h4-10,12,15-17,19,30-31H,11,13-14H2,1-3H3,(H,26,29)(H,25,27,28)/t16-,17?/m1/s1. The van der Waals surface area contributed by atoms with Gasteiger partial charge in [-0.15, -0.1) is 0 Å². The van der Waals surface area contributed by atoms with Gasteiger partial charge in [0.15, 0.2) is 0 Å². The molecule has 1 unspecified atom stereocenters. The van der Waals surface area contributed by atoms with E-state index in [-0.39, 0.29) is 13.2 Å². The van der Waals surface area contributed by atoms with E-state index in [9.17, 15) is 10.2 Å². The molecule has 2 heterocycles. The summed E-state index contributed by atoms with van der Waals surface area (Å²) >= 11 is 0. The molecule has 2 aromatic heterocycles. The molecule has 0 saturated heterocycles. The summed E-state index contributed by atoms with van der Waals surface area (Å²) in [5.74, 6) is 2.89. The molecule has 0 spiro atoms. The van der Waals surface area contributed by atoms with Gasteiger partial charge in [-0.05, 0) is 35.6 Å². The summed E-state index contributed by atoms with van der Waals surface area (Å²) in [6.07, 6.45) is 3.23. The topological polar surface area (TPSA) is 112 Å². The van der Waals surface area contributed by atoms with Gasteiger partial charge in [0.25, 0.3) is 0 Å². The van der Waals surface area contributed by atoms with Crippen molar-refractivity contribution in [1.29, 1.82) is 0 Å². The fourth-order valence-corrected chi connectivity index (χ4v) is 3.39. The first-order valence-electron chi connectivity index (χ1n) is 10.7. The van der Waals surface area contributed by atoms with Crippen molar-refractivity contribution in [3.63, 3.8) is 0 Å². The van der Waals surface area contributed by atoms with Crippen LogP contribution < -0.4 is 15.4 Å². The van der Waals surface area contributed by atoms with Crippen molar-refractivity contribution in [1.82, 2.24) is 15.0 Å². The molecule has 0 fully saturated rings. The second-order valence-corrected chi connectivity index (χ2v) is 7.82. The summed E-state index contributed by atoms with van der Waals surface area (Å²) in [4.78, 5) is 13.0. The summed E-state index contributed by atoms with van der Waals surface area (Å²) < 4.78 is 5.51. The average molecular weight is 438 g/mol. The molecular formula is C24H31N5O3. The summed E-state index contributed by atoms with van der Waals surface area (Å²) in [6.45, 7) is 4.81. The van der Waals surface area contributed by atoms with Crippen LogP contribution in [-0.4, -0.2) is 58.1 Å². The van der Waals surface area contributed by atoms with E-state index in [2.05, 4.69) is 45.5 Å². The van der Waals surface area contributed by atoms with Crippen LogP contribution in [0.1, 0.15) is 25.3 Å². The normalized spacial score (nSPS) is 12.9. The molecule has 2 atom stereocenters. The third kappa shape index (κ3) is 5.93. The number of benzene rings is 1. The van der Waals surface area contributed by atoms with Crippen molar-refractivity contribution in [3.05, 3.63) is 60.6 Å². The van der Waals surface area contributed by atoms with Gasteiger partial charge in [-0.25, -0.2) is 15.0 Å². The van der Waals surface area contributed by atoms with E-state index in [1.54, 1.807) is 19.4 Å². The molecule has 3 aromatic rings. The lowest BCUT2D eigenvalue weighted by Gasteiger charge is -2.23. The van der Waals surface area contributed by atoms with Crippen LogP contribution in [0.15, 0.2) is 55.0 Å². The van der Waals surface area contributed by atoms with Crippen LogP contribution in [-0.2, 0) is 0 Å². The fraction of sp³-hybridized carbons (Fsp3) is 0.375. The predicted molar refractivity (Wildman–Crippen MR) is 126 cm³/mol. The van der Waals surface area contributed by atoms with Gasteiger partial charge in [0.1, 0.15) is 23.7 Å². The maximum Gasteiger partial charge on any atom is 0.129 e. The molecule has 8 heteroatoms. The molecular weight excluding hydrogens is 406 g/mol. The third-order valence-corrected chi connectivity index (χ3v) is 5.61. The number of aliphatic hydroxyl groups is 2. The van der Waals surface area contributed by atoms with Crippen LogP contribution in [0.2, 0.25) is 0 Å². The van der Waals surface area contributed by atoms with Crippen LogP contribution in [0.5, 0.6) is 5.75 Å². The SMILES string of the molecule is COc1ccccc1C(C)[C@H](C)CNc1cc(-c2ccc(NC(CO)CO)nc2)ncn1. The number of aromatic nitrogens is 3. The summed E-state index contributed by atoms with van der Waals surface area (Å²) in [5.41, 5.74) is 2.80. The van der Waals surface area contributed by atoms with Crippen LogP contribution in [0, 0.1) is 5.92 Å². The Labute approximate surface area is 188 Å². The number of methoxy groups -OCH3 is 1. The Kier molecular flexibility index (Phi) is 8.35. The molecule has 3 rings (SSSR count). The highest BCUT2D eigenvalue weighted by molar-refractivity contribution is 5.62. The van der Waals surface area contributed by atoms with Crippen LogP contribution in [0.4, 0.5) is 11.6 Å². The zero-order valence-electron chi connectivity index (χ0n) is 18.7. The van der Waals surface area contributed by atoms with Gasteiger partial charge in [0.2, 0.25) is 0 Å². The Balaban J connectivity index is 1.63. The molecule has 0 bridgehead atoms. The molecule has 0 aliphatic rings. The predicted octanol–water partition coefficient (Wildman–Crippen LogP) is 3.16. The third-order valence-electron chi connectivity index (χ3n) is 5.61. The Morgan fingerprint density at radius 3 is 2.44 bits per heavy atom. The van der Waals surface area contributed by atoms with E-state index >= 15 is 0 Å². The minimum atomic E-state index is -0.441. The van der Waals surface area contributed by atoms with Crippen molar-refractivity contribution in [2.45, 2.75) is 25.8 Å². The van der Waals surface area contributed by atoms with Gasteiger partial charge < -0.3 is 25.6 Å². The summed E-state index contributed by atoms with van der Waals surface area (Å²) in [5, 5.41) is 24.8. The second kappa shape index (κ2) is 11.4. The lowest BCUT2D eigenvalue weighted by Crippen LogP contribution is -2.28. The first-order valence-corrected chi connectivity index (χ1v) is 10.7. The summed E-state index contributed by atoms with van der Waals surface area (Å²) in [6, 6.07) is 13.3. The molecule has 1 aromatic carbocycles. The Bertz CT molecular complexity index is 979. The Morgan fingerprint density at radius 2 is 1.75 bits per heavy atom. The number of anilines is 2. The van der Waals surface area contributed by atoms with E-state index in [0.717, 1.165) is 29.4 Å². The molecule has 0 radical (unpaired) electrons. The maximum absolute atomic E-state index is 9.18. The Hall–Kier alpha value is -3.23. The molecule has 8 nitrogen and oxygen atoms in total. The molecule has 170 valence electrons. The number of nitrogens with zero attached hydrogens (tertiary/aromatic N) is 3. The van der Waals surface area contributed by atoms with Gasteiger partial charge in [-0.3, -0.25) is 0 Å². The number of nitrogens with one attached hydrogen (secondary N) is 2. The van der Waals surface area contributed by atoms with E-state index in [4.69, 9.17) is 4.74 Å². The first-order chi connectivity index (χ1) is 15.5. The van der Waals surface area contributed by atoms with E-state index in [1.165, 1.54) is 11.9 Å². The van der Waals surface area contributed by atoms with Gasteiger partial charge in [-0.1, -0.05) is 32.0 Å². The van der Waals surface area contributed by atoms with Gasteiger partial charge in [0, 0.05) is 24.4 Å². The molecule has 0 aliphatic carbocycles. The van der Waals surface area contributed by atoms with Crippen molar-refractivity contribution < 1.29 is 14.9 Å². The highest BCUT2D eigenvalue weighted by atomic mass is 16.5. The quantitative estimate of drug-likeness (QED) is 0.362. The molecule has 4 N–H and O–H groups in total. The first kappa shape index (κ1) is 23.4. The van der Waals surface area contributed by atoms with E-state index in [0.29, 0.717) is 17.7 Å². The van der Waals surface area contributed by atoms with Crippen LogP contribution in [0.3, 0.4) is 0 Å². The largest absolute Gasteiger partial charge is 0.496 e. The van der Waals surface area contributed by atoms with Crippen LogP contribution in [0.25, 0.3) is 11.3 Å². The number of para-hydroxylation sites is 1. The number of hydrogen-bond acceptors (Lipinski definition) is 8. The number of aliphatic hydroxyl groups excluding tert-OH is 2. The van der Waals surface area contributed by atoms with Crippen molar-refractivity contribution in [2.24, 2.45) is 5.92 Å². The minimum Gasteiger partial charge on any atom is -0.496 e. The van der Waals surface area contributed by atoms with Crippen molar-refractivity contribution in [3.8, 4) is 17.0 Å². The van der Waals surface area contributed by atoms with E-state index < -0.39 is 6.04 Å². The molecule has 0 saturated carbocycles. The molecule has 0 aliphatic heterocycles. The zero-order valence-corrected chi connectivity index (χ0v) is 18.7. The highest BCUT2D eigenvalue weighted by Crippen LogP contribution is 2.31. The lowest BCUT2D eigenvalue weighted by molar-refractivity contribution is 0.203. The van der Waals surface area contributed by atoms with Gasteiger partial charge in [0.05, 0.1) is 32.1 Å². The van der Waals surface area contributed by atoms with Crippen molar-refractivity contribution in [2.75, 3.05) is 37.5 Å². The lowest BCUT2D eigenvalue weighted by atomic mass is 9.88. The Morgan fingerprint density at radius 1 is 0.969 bits per heavy atom. The highest BCUT2D eigenvalue weighted by Gasteiger charge is 2.18.